The van der Waals surface area contributed by atoms with Gasteiger partial charge in [-0.15, -0.1) is 12.6 Å². The van der Waals surface area contributed by atoms with Crippen LogP contribution < -0.4 is 0 Å². The lowest BCUT2D eigenvalue weighted by molar-refractivity contribution is 1.64. The number of aliphatic imine (C=N–C) groups is 1. The van der Waals surface area contributed by atoms with Crippen molar-refractivity contribution in [1.82, 2.24) is 0 Å². The Hall–Kier alpha value is 0.490. The van der Waals surface area contributed by atoms with Crippen molar-refractivity contribution in [1.29, 1.82) is 0 Å². The Bertz CT molecular complexity index is 59.2. The summed E-state index contributed by atoms with van der Waals surface area (Å²) in [6.45, 7) is 0. The molecule has 0 aliphatic rings. The van der Waals surface area contributed by atoms with Crippen LogP contribution in [0, 0.1) is 0 Å². The van der Waals surface area contributed by atoms with Gasteiger partial charge < -0.3 is 0 Å². The largest absolute Gasteiger partial charge is 0.258 e. The molecule has 0 aliphatic heterocycles. The molecule has 0 spiro atoms. The minimum atomic E-state index is 1.44. The van der Waals surface area contributed by atoms with Gasteiger partial charge in [0.2, 0.25) is 0 Å². The Kier molecular flexibility index (Phi) is 5.94. The molecule has 0 radical (unpaired) electrons. The predicted molar refractivity (Wildman–Crippen MR) is 40.6 cm³/mol. The molecule has 0 rings (SSSR count). The van der Waals surface area contributed by atoms with E-state index in [0.29, 0.717) is 0 Å². The third kappa shape index (κ3) is 4.49. The first-order valence-corrected chi connectivity index (χ1v) is 3.09. The van der Waals surface area contributed by atoms with E-state index in [1.807, 2.05) is 4.08 Å². The Morgan fingerprint density at radius 1 is 1.67 bits per heavy atom. The lowest BCUT2D eigenvalue weighted by Crippen LogP contribution is -1.43. The standard InChI is InChI=1S/C3H4INS/c4-1-2-5-3-6/h1-3H,(H,5,6)/b2-1-. The first-order chi connectivity index (χ1) is 2.91. The lowest BCUT2D eigenvalue weighted by Gasteiger charge is -1.62. The molecule has 0 aliphatic carbocycles. The number of nitrogens with zero attached hydrogens (tertiary/aromatic N) is 1. The highest BCUT2D eigenvalue weighted by Crippen LogP contribution is 1.82. The summed E-state index contributed by atoms with van der Waals surface area (Å²) >= 11 is 5.79. The third-order valence-corrected chi connectivity index (χ3v) is 0.664. The van der Waals surface area contributed by atoms with Gasteiger partial charge in [0.1, 0.15) is 0 Å². The molecule has 0 heterocycles. The Morgan fingerprint density at radius 2 is 2.33 bits per heavy atom. The van der Waals surface area contributed by atoms with Crippen LogP contribution in [0.1, 0.15) is 0 Å². The van der Waals surface area contributed by atoms with Crippen molar-refractivity contribution in [2.24, 2.45) is 4.99 Å². The van der Waals surface area contributed by atoms with Crippen molar-refractivity contribution >= 4 is 40.8 Å². The molecular weight excluding hydrogens is 209 g/mol. The molecule has 0 aromatic heterocycles. The van der Waals surface area contributed by atoms with E-state index < -0.39 is 0 Å². The fourth-order valence-electron chi connectivity index (χ4n) is 0.0710. The van der Waals surface area contributed by atoms with Gasteiger partial charge in [-0.25, -0.2) is 0 Å². The van der Waals surface area contributed by atoms with Gasteiger partial charge in [-0.1, -0.05) is 22.6 Å². The Balaban J connectivity index is 3.07. The fraction of sp³-hybridized carbons (Fsp3) is 0. The van der Waals surface area contributed by atoms with Gasteiger partial charge in [0.25, 0.3) is 0 Å². The Labute approximate surface area is 56.1 Å². The maximum absolute atomic E-state index is 3.71. The van der Waals surface area contributed by atoms with E-state index in [1.54, 1.807) is 6.20 Å². The van der Waals surface area contributed by atoms with Crippen LogP contribution in [-0.2, 0) is 0 Å². The minimum Gasteiger partial charge on any atom is -0.258 e. The van der Waals surface area contributed by atoms with E-state index in [9.17, 15) is 0 Å². The van der Waals surface area contributed by atoms with E-state index in [4.69, 9.17) is 0 Å². The molecule has 0 amide bonds. The second-order valence-corrected chi connectivity index (χ2v) is 1.49. The second kappa shape index (κ2) is 5.49. The average Bonchev–Trinajstić information content (AvgIpc) is 1.61. The molecule has 0 saturated heterocycles. The van der Waals surface area contributed by atoms with Crippen LogP contribution in [0.5, 0.6) is 0 Å². The van der Waals surface area contributed by atoms with E-state index in [1.165, 1.54) is 5.55 Å². The van der Waals surface area contributed by atoms with E-state index in [2.05, 4.69) is 40.2 Å². The molecule has 6 heavy (non-hydrogen) atoms. The van der Waals surface area contributed by atoms with E-state index >= 15 is 0 Å². The summed E-state index contributed by atoms with van der Waals surface area (Å²) in [6, 6.07) is 0. The summed E-state index contributed by atoms with van der Waals surface area (Å²) in [5, 5.41) is 0. The number of hydrogen-bond donors (Lipinski definition) is 1. The first-order valence-electron chi connectivity index (χ1n) is 1.33. The number of hydrogen-bond acceptors (Lipinski definition) is 1. The zero-order valence-electron chi connectivity index (χ0n) is 3.00. The maximum Gasteiger partial charge on any atom is 0.0566 e. The summed E-state index contributed by atoms with van der Waals surface area (Å²) < 4.78 is 1.81. The monoisotopic (exact) mass is 213 g/mol. The summed E-state index contributed by atoms with van der Waals surface area (Å²) in [5.74, 6) is 0. The van der Waals surface area contributed by atoms with Crippen molar-refractivity contribution in [3.05, 3.63) is 10.3 Å². The van der Waals surface area contributed by atoms with Crippen LogP contribution >= 0.6 is 35.2 Å². The maximum atomic E-state index is 3.71. The highest BCUT2D eigenvalue weighted by atomic mass is 127. The van der Waals surface area contributed by atoms with Gasteiger partial charge in [0.15, 0.2) is 0 Å². The topological polar surface area (TPSA) is 12.4 Å². The number of rotatable bonds is 1. The predicted octanol–water partition coefficient (Wildman–Crippen LogP) is 1.85. The zero-order valence-corrected chi connectivity index (χ0v) is 6.06. The molecule has 0 atom stereocenters. The second-order valence-electron chi connectivity index (χ2n) is 0.540. The molecule has 3 heteroatoms. The van der Waals surface area contributed by atoms with Gasteiger partial charge >= 0.3 is 0 Å². The molecule has 0 unspecified atom stereocenters. The Morgan fingerprint density at radius 3 is 2.50 bits per heavy atom. The third-order valence-electron chi connectivity index (χ3n) is 0.209. The van der Waals surface area contributed by atoms with E-state index in [-0.39, 0.29) is 0 Å². The molecule has 0 aromatic rings. The van der Waals surface area contributed by atoms with Gasteiger partial charge in [-0.05, 0) is 4.08 Å². The van der Waals surface area contributed by atoms with Crippen LogP contribution in [0.4, 0.5) is 0 Å². The summed E-state index contributed by atoms with van der Waals surface area (Å²) in [5.41, 5.74) is 1.44. The van der Waals surface area contributed by atoms with Crippen LogP contribution in [0.15, 0.2) is 15.3 Å². The molecule has 1 nitrogen and oxygen atoms in total. The van der Waals surface area contributed by atoms with Gasteiger partial charge in [0, 0.05) is 6.20 Å². The molecule has 0 saturated carbocycles. The lowest BCUT2D eigenvalue weighted by atomic mass is 11.1. The number of halogens is 1. The van der Waals surface area contributed by atoms with E-state index in [0.717, 1.165) is 0 Å². The average molecular weight is 213 g/mol. The quantitative estimate of drug-likeness (QED) is 0.295. The molecule has 0 N–H and O–H groups in total. The molecule has 34 valence electrons. The van der Waals surface area contributed by atoms with Crippen molar-refractivity contribution in [2.45, 2.75) is 0 Å². The summed E-state index contributed by atoms with van der Waals surface area (Å²) in [4.78, 5) is 3.64. The van der Waals surface area contributed by atoms with Crippen LogP contribution in [-0.4, -0.2) is 5.55 Å². The van der Waals surface area contributed by atoms with Gasteiger partial charge in [0.05, 0.1) is 5.55 Å². The highest BCUT2D eigenvalue weighted by molar-refractivity contribution is 14.1. The highest BCUT2D eigenvalue weighted by Gasteiger charge is 1.50. The fourth-order valence-corrected chi connectivity index (χ4v) is 0.334. The van der Waals surface area contributed by atoms with Crippen LogP contribution in [0.2, 0.25) is 0 Å². The van der Waals surface area contributed by atoms with Gasteiger partial charge in [-0.2, -0.15) is 0 Å². The van der Waals surface area contributed by atoms with Crippen molar-refractivity contribution in [2.75, 3.05) is 0 Å². The van der Waals surface area contributed by atoms with Crippen LogP contribution in [0.25, 0.3) is 0 Å². The van der Waals surface area contributed by atoms with Crippen molar-refractivity contribution in [3.8, 4) is 0 Å². The first kappa shape index (κ1) is 6.49. The summed E-state index contributed by atoms with van der Waals surface area (Å²) in [7, 11) is 0. The smallest absolute Gasteiger partial charge is 0.0566 e. The molecule has 0 aromatic carbocycles. The zero-order chi connectivity index (χ0) is 4.83. The SMILES string of the molecule is S/C=N\C=C/I. The molecular formula is C3H4INS. The van der Waals surface area contributed by atoms with Crippen molar-refractivity contribution < 1.29 is 0 Å². The van der Waals surface area contributed by atoms with Crippen LogP contribution in [0.3, 0.4) is 0 Å². The molecule has 0 fully saturated rings. The summed E-state index contributed by atoms with van der Waals surface area (Å²) in [6.07, 6.45) is 1.66. The number of thiol groups is 1. The van der Waals surface area contributed by atoms with Gasteiger partial charge in [-0.3, -0.25) is 4.99 Å². The molecule has 0 bridgehead atoms. The minimum absolute atomic E-state index is 1.44. The van der Waals surface area contributed by atoms with Crippen molar-refractivity contribution in [3.63, 3.8) is 0 Å². The normalized spacial score (nSPS) is 11.7.